The zero-order valence-corrected chi connectivity index (χ0v) is 8.29. The van der Waals surface area contributed by atoms with Crippen molar-refractivity contribution < 1.29 is 4.79 Å². The van der Waals surface area contributed by atoms with Gasteiger partial charge in [0.15, 0.2) is 0 Å². The Bertz CT molecular complexity index is 232. The number of rotatable bonds is 3. The highest BCUT2D eigenvalue weighted by molar-refractivity contribution is 5.85. The lowest BCUT2D eigenvalue weighted by atomic mass is 10.1. The van der Waals surface area contributed by atoms with Crippen LogP contribution in [0.2, 0.25) is 0 Å². The van der Waals surface area contributed by atoms with Crippen molar-refractivity contribution in [3.8, 4) is 6.07 Å². The van der Waals surface area contributed by atoms with E-state index in [2.05, 4.69) is 6.07 Å². The summed E-state index contributed by atoms with van der Waals surface area (Å²) in [6.07, 6.45) is 2.69. The molecule has 0 bridgehead atoms. The number of hydrogen-bond acceptors (Lipinski definition) is 3. The third-order valence-corrected chi connectivity index (χ3v) is 2.59. The Morgan fingerprint density at radius 2 is 2.46 bits per heavy atom. The number of ketones is 1. The van der Waals surface area contributed by atoms with Gasteiger partial charge in [-0.1, -0.05) is 0 Å². The van der Waals surface area contributed by atoms with Gasteiger partial charge in [-0.3, -0.25) is 9.69 Å². The lowest BCUT2D eigenvalue weighted by Gasteiger charge is -2.23. The van der Waals surface area contributed by atoms with Crippen LogP contribution in [0.4, 0.5) is 0 Å². The van der Waals surface area contributed by atoms with Crippen molar-refractivity contribution in [2.75, 3.05) is 13.6 Å². The second kappa shape index (κ2) is 4.38. The molecular weight excluding hydrogens is 164 g/mol. The van der Waals surface area contributed by atoms with E-state index in [1.54, 1.807) is 0 Å². The summed E-state index contributed by atoms with van der Waals surface area (Å²) >= 11 is 0. The van der Waals surface area contributed by atoms with Gasteiger partial charge in [0, 0.05) is 13.0 Å². The highest BCUT2D eigenvalue weighted by Crippen LogP contribution is 2.19. The van der Waals surface area contributed by atoms with Gasteiger partial charge >= 0.3 is 0 Å². The fourth-order valence-corrected chi connectivity index (χ4v) is 1.86. The molecule has 3 heteroatoms. The second-order valence-corrected chi connectivity index (χ2v) is 3.84. The number of nitrogens with zero attached hydrogens (tertiary/aromatic N) is 2. The first kappa shape index (κ1) is 10.2. The van der Waals surface area contributed by atoms with Crippen molar-refractivity contribution in [2.45, 2.75) is 32.2 Å². The van der Waals surface area contributed by atoms with Gasteiger partial charge in [0.2, 0.25) is 0 Å². The maximum absolute atomic E-state index is 11.4. The van der Waals surface area contributed by atoms with Gasteiger partial charge in [-0.2, -0.15) is 5.26 Å². The van der Waals surface area contributed by atoms with E-state index in [-0.39, 0.29) is 12.0 Å². The molecule has 1 rings (SSSR count). The number of carbonyl (C=O) groups excluding carboxylic acids is 1. The minimum absolute atomic E-state index is 0.0124. The molecule has 1 fully saturated rings. The Labute approximate surface area is 79.3 Å². The molecule has 1 aliphatic carbocycles. The molecule has 0 aromatic carbocycles. The fraction of sp³-hybridized carbons (Fsp3) is 0.800. The normalized spacial score (nSPS) is 24.8. The lowest BCUT2D eigenvalue weighted by Crippen LogP contribution is -2.37. The summed E-state index contributed by atoms with van der Waals surface area (Å²) in [4.78, 5) is 13.4. The number of carbonyl (C=O) groups is 1. The van der Waals surface area contributed by atoms with E-state index in [1.165, 1.54) is 0 Å². The Balaban J connectivity index is 2.43. The summed E-state index contributed by atoms with van der Waals surface area (Å²) in [5, 5.41) is 8.63. The first-order valence-corrected chi connectivity index (χ1v) is 4.77. The molecule has 0 spiro atoms. The molecule has 2 atom stereocenters. The van der Waals surface area contributed by atoms with E-state index in [9.17, 15) is 4.79 Å². The molecule has 3 nitrogen and oxygen atoms in total. The molecule has 0 aromatic heterocycles. The molecule has 0 N–H and O–H groups in total. The lowest BCUT2D eigenvalue weighted by molar-refractivity contribution is -0.121. The maximum atomic E-state index is 11.4. The number of likely N-dealkylation sites (N-methyl/N-ethyl adjacent to an activating group) is 1. The van der Waals surface area contributed by atoms with Crippen molar-refractivity contribution in [1.29, 1.82) is 5.26 Å². The predicted octanol–water partition coefficient (Wildman–Crippen LogP) is 1.20. The van der Waals surface area contributed by atoms with E-state index in [0.717, 1.165) is 19.3 Å². The van der Waals surface area contributed by atoms with Gasteiger partial charge in [0.25, 0.3) is 0 Å². The zero-order valence-electron chi connectivity index (χ0n) is 8.29. The Morgan fingerprint density at radius 3 is 2.92 bits per heavy atom. The third-order valence-electron chi connectivity index (χ3n) is 2.59. The average molecular weight is 180 g/mol. The monoisotopic (exact) mass is 180 g/mol. The van der Waals surface area contributed by atoms with Crippen LogP contribution in [0.3, 0.4) is 0 Å². The Morgan fingerprint density at radius 1 is 1.77 bits per heavy atom. The predicted molar refractivity (Wildman–Crippen MR) is 50.1 cm³/mol. The van der Waals surface area contributed by atoms with Gasteiger partial charge in [-0.15, -0.1) is 0 Å². The smallest absolute Gasteiger partial charge is 0.149 e. The van der Waals surface area contributed by atoms with Crippen LogP contribution < -0.4 is 0 Å². The molecule has 1 aliphatic rings. The van der Waals surface area contributed by atoms with Crippen molar-refractivity contribution in [3.63, 3.8) is 0 Å². The maximum Gasteiger partial charge on any atom is 0.149 e. The summed E-state index contributed by atoms with van der Waals surface area (Å²) in [5.74, 6) is 0.353. The molecule has 0 heterocycles. The average Bonchev–Trinajstić information content (AvgIpc) is 2.51. The molecule has 0 amide bonds. The number of nitriles is 1. The molecule has 0 aromatic rings. The SMILES string of the molecule is CC(C#N)CN(C)C1CCCC1=O. The van der Waals surface area contributed by atoms with Crippen molar-refractivity contribution in [1.82, 2.24) is 4.90 Å². The Hall–Kier alpha value is -0.880. The van der Waals surface area contributed by atoms with Crippen LogP contribution in [0.15, 0.2) is 0 Å². The van der Waals surface area contributed by atoms with Gasteiger partial charge < -0.3 is 0 Å². The summed E-state index contributed by atoms with van der Waals surface area (Å²) < 4.78 is 0. The van der Waals surface area contributed by atoms with Crippen LogP contribution in [0.5, 0.6) is 0 Å². The van der Waals surface area contributed by atoms with Crippen molar-refractivity contribution >= 4 is 5.78 Å². The van der Waals surface area contributed by atoms with Crippen LogP contribution in [0.1, 0.15) is 26.2 Å². The topological polar surface area (TPSA) is 44.1 Å². The molecule has 0 aliphatic heterocycles. The molecule has 0 saturated heterocycles. The van der Waals surface area contributed by atoms with Crippen LogP contribution in [0.25, 0.3) is 0 Å². The van der Waals surface area contributed by atoms with Crippen LogP contribution in [-0.4, -0.2) is 30.3 Å². The van der Waals surface area contributed by atoms with E-state index in [1.807, 2.05) is 18.9 Å². The molecule has 2 unspecified atom stereocenters. The minimum Gasteiger partial charge on any atom is -0.298 e. The highest BCUT2D eigenvalue weighted by atomic mass is 16.1. The van der Waals surface area contributed by atoms with E-state index in [4.69, 9.17) is 5.26 Å². The van der Waals surface area contributed by atoms with Crippen LogP contribution >= 0.6 is 0 Å². The zero-order chi connectivity index (χ0) is 9.84. The summed E-state index contributed by atoms with van der Waals surface area (Å²) in [5.41, 5.74) is 0. The highest BCUT2D eigenvalue weighted by Gasteiger charge is 2.28. The third kappa shape index (κ3) is 2.53. The quantitative estimate of drug-likeness (QED) is 0.655. The van der Waals surface area contributed by atoms with E-state index < -0.39 is 0 Å². The van der Waals surface area contributed by atoms with Gasteiger partial charge in [-0.05, 0) is 26.8 Å². The molecule has 1 saturated carbocycles. The molecule has 0 radical (unpaired) electrons. The fourth-order valence-electron chi connectivity index (χ4n) is 1.86. The van der Waals surface area contributed by atoms with Gasteiger partial charge in [0.1, 0.15) is 5.78 Å². The minimum atomic E-state index is 0.0124. The van der Waals surface area contributed by atoms with E-state index in [0.29, 0.717) is 12.3 Å². The summed E-state index contributed by atoms with van der Waals surface area (Å²) in [7, 11) is 1.93. The molecule has 72 valence electrons. The van der Waals surface area contributed by atoms with E-state index >= 15 is 0 Å². The summed E-state index contributed by atoms with van der Waals surface area (Å²) in [6.45, 7) is 2.59. The van der Waals surface area contributed by atoms with Crippen molar-refractivity contribution in [2.24, 2.45) is 5.92 Å². The van der Waals surface area contributed by atoms with Crippen LogP contribution in [-0.2, 0) is 4.79 Å². The first-order chi connectivity index (χ1) is 6.15. The summed E-state index contributed by atoms with van der Waals surface area (Å²) in [6, 6.07) is 2.26. The molecule has 13 heavy (non-hydrogen) atoms. The second-order valence-electron chi connectivity index (χ2n) is 3.84. The Kier molecular flexibility index (Phi) is 3.44. The number of Topliss-reactive ketones (excluding diaryl/α,β-unsaturated/α-hetero) is 1. The van der Waals surface area contributed by atoms with Crippen molar-refractivity contribution in [3.05, 3.63) is 0 Å². The van der Waals surface area contributed by atoms with Gasteiger partial charge in [0.05, 0.1) is 18.0 Å². The largest absolute Gasteiger partial charge is 0.298 e. The van der Waals surface area contributed by atoms with Gasteiger partial charge in [-0.25, -0.2) is 0 Å². The number of hydrogen-bond donors (Lipinski definition) is 0. The standard InChI is InChI=1S/C10H16N2O/c1-8(6-11)7-12(2)9-4-3-5-10(9)13/h8-9H,3-5,7H2,1-2H3. The molecular formula is C10H16N2O. The van der Waals surface area contributed by atoms with Crippen LogP contribution in [0, 0.1) is 17.2 Å². The first-order valence-electron chi connectivity index (χ1n) is 4.77.